The van der Waals surface area contributed by atoms with Crippen LogP contribution in [0, 0.1) is 5.92 Å². The minimum absolute atomic E-state index is 0.126. The Morgan fingerprint density at radius 2 is 1.15 bits per heavy atom. The van der Waals surface area contributed by atoms with Crippen LogP contribution in [0.4, 0.5) is 0 Å². The molecular formula is C22H42O4. The molecule has 154 valence electrons. The number of hydrogen-bond acceptors (Lipinski definition) is 4. The van der Waals surface area contributed by atoms with Crippen molar-refractivity contribution < 1.29 is 19.1 Å². The molecule has 1 atom stereocenters. The first kappa shape index (κ1) is 24.9. The van der Waals surface area contributed by atoms with Crippen molar-refractivity contribution in [2.75, 3.05) is 0 Å². The van der Waals surface area contributed by atoms with E-state index in [1.807, 2.05) is 27.7 Å². The average Bonchev–Trinajstić information content (AvgIpc) is 2.54. The van der Waals surface area contributed by atoms with Crippen molar-refractivity contribution in [3.8, 4) is 0 Å². The van der Waals surface area contributed by atoms with Gasteiger partial charge in [-0.15, -0.1) is 0 Å². The van der Waals surface area contributed by atoms with Gasteiger partial charge in [0.05, 0.1) is 24.5 Å². The normalized spacial score (nSPS) is 12.4. The Morgan fingerprint density at radius 1 is 0.692 bits per heavy atom. The van der Waals surface area contributed by atoms with Gasteiger partial charge in [0.1, 0.15) is 0 Å². The van der Waals surface area contributed by atoms with Crippen LogP contribution >= 0.6 is 0 Å². The van der Waals surface area contributed by atoms with E-state index in [2.05, 4.69) is 6.92 Å². The molecule has 0 aliphatic carbocycles. The van der Waals surface area contributed by atoms with Crippen LogP contribution in [0.3, 0.4) is 0 Å². The highest BCUT2D eigenvalue weighted by Gasteiger charge is 2.25. The van der Waals surface area contributed by atoms with Crippen molar-refractivity contribution in [1.29, 1.82) is 0 Å². The summed E-state index contributed by atoms with van der Waals surface area (Å²) in [7, 11) is 0. The highest BCUT2D eigenvalue weighted by atomic mass is 16.5. The molecule has 0 spiro atoms. The van der Waals surface area contributed by atoms with Gasteiger partial charge in [-0.2, -0.15) is 0 Å². The zero-order chi connectivity index (χ0) is 19.8. The van der Waals surface area contributed by atoms with Crippen LogP contribution in [0.1, 0.15) is 112 Å². The van der Waals surface area contributed by atoms with Crippen molar-refractivity contribution in [2.24, 2.45) is 5.92 Å². The second-order valence-electron chi connectivity index (χ2n) is 7.90. The Balaban J connectivity index is 4.03. The molecule has 0 amide bonds. The van der Waals surface area contributed by atoms with E-state index in [-0.39, 0.29) is 36.5 Å². The zero-order valence-electron chi connectivity index (χ0n) is 17.9. The molecule has 0 radical (unpaired) electrons. The summed E-state index contributed by atoms with van der Waals surface area (Å²) in [6, 6.07) is 0. The van der Waals surface area contributed by atoms with E-state index in [0.29, 0.717) is 6.42 Å². The molecule has 0 saturated heterocycles. The molecular weight excluding hydrogens is 328 g/mol. The summed E-state index contributed by atoms with van der Waals surface area (Å²) in [5.74, 6) is -0.952. The van der Waals surface area contributed by atoms with Crippen molar-refractivity contribution in [3.05, 3.63) is 0 Å². The lowest BCUT2D eigenvalue weighted by Gasteiger charge is -2.18. The van der Waals surface area contributed by atoms with Gasteiger partial charge in [0.15, 0.2) is 0 Å². The van der Waals surface area contributed by atoms with Crippen LogP contribution in [0.25, 0.3) is 0 Å². The van der Waals surface area contributed by atoms with Gasteiger partial charge in [0.25, 0.3) is 0 Å². The van der Waals surface area contributed by atoms with Crippen LogP contribution < -0.4 is 0 Å². The molecule has 26 heavy (non-hydrogen) atoms. The quantitative estimate of drug-likeness (QED) is 0.239. The van der Waals surface area contributed by atoms with Gasteiger partial charge in [-0.3, -0.25) is 9.59 Å². The SMILES string of the molecule is CCCCCCCCCCCCC(CC(=O)OC(C)C)C(=O)OC(C)C. The van der Waals surface area contributed by atoms with E-state index in [4.69, 9.17) is 9.47 Å². The lowest BCUT2D eigenvalue weighted by atomic mass is 9.97. The van der Waals surface area contributed by atoms with Crippen LogP contribution in [-0.4, -0.2) is 24.1 Å². The van der Waals surface area contributed by atoms with Crippen LogP contribution in [-0.2, 0) is 19.1 Å². The Hall–Kier alpha value is -1.06. The van der Waals surface area contributed by atoms with E-state index in [1.54, 1.807) is 0 Å². The maximum absolute atomic E-state index is 12.2. The highest BCUT2D eigenvalue weighted by Crippen LogP contribution is 2.19. The Labute approximate surface area is 161 Å². The Morgan fingerprint density at radius 3 is 1.62 bits per heavy atom. The summed E-state index contributed by atoms with van der Waals surface area (Å²) in [5.41, 5.74) is 0. The molecule has 0 fully saturated rings. The molecule has 0 bridgehead atoms. The predicted octanol–water partition coefficient (Wildman–Crippen LogP) is 6.21. The lowest BCUT2D eigenvalue weighted by Crippen LogP contribution is -2.25. The van der Waals surface area contributed by atoms with Crippen molar-refractivity contribution in [3.63, 3.8) is 0 Å². The predicted molar refractivity (Wildman–Crippen MR) is 107 cm³/mol. The van der Waals surface area contributed by atoms with E-state index in [1.165, 1.54) is 51.4 Å². The molecule has 0 aliphatic heterocycles. The summed E-state index contributed by atoms with van der Waals surface area (Å²) in [5, 5.41) is 0. The van der Waals surface area contributed by atoms with Gasteiger partial charge >= 0.3 is 11.9 Å². The van der Waals surface area contributed by atoms with Crippen molar-refractivity contribution in [2.45, 2.75) is 124 Å². The molecule has 4 nitrogen and oxygen atoms in total. The molecule has 0 heterocycles. The minimum atomic E-state index is -0.377. The number of hydrogen-bond donors (Lipinski definition) is 0. The zero-order valence-corrected chi connectivity index (χ0v) is 17.9. The maximum atomic E-state index is 12.2. The van der Waals surface area contributed by atoms with Crippen molar-refractivity contribution in [1.82, 2.24) is 0 Å². The monoisotopic (exact) mass is 370 g/mol. The van der Waals surface area contributed by atoms with E-state index >= 15 is 0 Å². The first-order valence-corrected chi connectivity index (χ1v) is 10.8. The minimum Gasteiger partial charge on any atom is -0.463 e. The third kappa shape index (κ3) is 15.2. The first-order chi connectivity index (χ1) is 12.4. The summed E-state index contributed by atoms with van der Waals surface area (Å²) in [6.45, 7) is 9.56. The van der Waals surface area contributed by atoms with Gasteiger partial charge in [0, 0.05) is 0 Å². The molecule has 0 aromatic rings. The fourth-order valence-electron chi connectivity index (χ4n) is 3.02. The topological polar surface area (TPSA) is 52.6 Å². The van der Waals surface area contributed by atoms with Gasteiger partial charge in [-0.1, -0.05) is 71.1 Å². The fraction of sp³-hybridized carbons (Fsp3) is 0.909. The second kappa shape index (κ2) is 16.1. The number of carbonyl (C=O) groups excluding carboxylic acids is 2. The molecule has 0 aromatic heterocycles. The Kier molecular flexibility index (Phi) is 15.5. The van der Waals surface area contributed by atoms with Gasteiger partial charge in [0.2, 0.25) is 0 Å². The van der Waals surface area contributed by atoms with E-state index in [9.17, 15) is 9.59 Å². The standard InChI is InChI=1S/C22H42O4/c1-6-7-8-9-10-11-12-13-14-15-16-20(22(24)26-19(4)5)17-21(23)25-18(2)3/h18-20H,6-17H2,1-5H3. The second-order valence-corrected chi connectivity index (χ2v) is 7.90. The van der Waals surface area contributed by atoms with Gasteiger partial charge in [-0.05, 0) is 34.1 Å². The number of esters is 2. The molecule has 1 unspecified atom stereocenters. The summed E-state index contributed by atoms with van der Waals surface area (Å²) in [4.78, 5) is 24.1. The van der Waals surface area contributed by atoms with Crippen LogP contribution in [0.5, 0.6) is 0 Å². The van der Waals surface area contributed by atoms with Gasteiger partial charge in [-0.25, -0.2) is 0 Å². The lowest BCUT2D eigenvalue weighted by molar-refractivity contribution is -0.159. The Bertz CT molecular complexity index is 363. The number of carbonyl (C=O) groups is 2. The van der Waals surface area contributed by atoms with Crippen LogP contribution in [0.15, 0.2) is 0 Å². The largest absolute Gasteiger partial charge is 0.463 e. The first-order valence-electron chi connectivity index (χ1n) is 10.8. The molecule has 0 aromatic carbocycles. The number of rotatable bonds is 16. The highest BCUT2D eigenvalue weighted by molar-refractivity contribution is 5.80. The van der Waals surface area contributed by atoms with Gasteiger partial charge < -0.3 is 9.47 Å². The fourth-order valence-corrected chi connectivity index (χ4v) is 3.02. The molecule has 4 heteroatoms. The number of ether oxygens (including phenoxy) is 2. The molecule has 0 rings (SSSR count). The molecule has 0 N–H and O–H groups in total. The smallest absolute Gasteiger partial charge is 0.309 e. The van der Waals surface area contributed by atoms with Crippen LogP contribution in [0.2, 0.25) is 0 Å². The molecule has 0 aliphatic rings. The maximum Gasteiger partial charge on any atom is 0.309 e. The van der Waals surface area contributed by atoms with Crippen molar-refractivity contribution >= 4 is 11.9 Å². The third-order valence-electron chi connectivity index (χ3n) is 4.37. The average molecular weight is 371 g/mol. The van der Waals surface area contributed by atoms with E-state index < -0.39 is 0 Å². The molecule has 0 saturated carbocycles. The summed E-state index contributed by atoms with van der Waals surface area (Å²) >= 11 is 0. The van der Waals surface area contributed by atoms with E-state index in [0.717, 1.165) is 12.8 Å². The summed E-state index contributed by atoms with van der Waals surface area (Å²) in [6.07, 6.45) is 13.1. The third-order valence-corrected chi connectivity index (χ3v) is 4.37. The number of unbranched alkanes of at least 4 members (excludes halogenated alkanes) is 9. The summed E-state index contributed by atoms with van der Waals surface area (Å²) < 4.78 is 10.5.